The Labute approximate surface area is 185 Å². The maximum atomic E-state index is 12.8. The van der Waals surface area contributed by atoms with E-state index in [0.717, 1.165) is 11.1 Å². The highest BCUT2D eigenvalue weighted by Crippen LogP contribution is 2.19. The summed E-state index contributed by atoms with van der Waals surface area (Å²) in [5.41, 5.74) is 3.30. The second-order valence-electron chi connectivity index (χ2n) is 7.76. The van der Waals surface area contributed by atoms with Gasteiger partial charge in [0.1, 0.15) is 6.54 Å². The van der Waals surface area contributed by atoms with Crippen molar-refractivity contribution in [1.82, 2.24) is 9.88 Å². The summed E-state index contributed by atoms with van der Waals surface area (Å²) in [6.07, 6.45) is 0. The van der Waals surface area contributed by atoms with E-state index in [-0.39, 0.29) is 30.5 Å². The highest BCUT2D eigenvalue weighted by atomic mass is 16.5. The molecular formula is C26H24N2O4. The van der Waals surface area contributed by atoms with Crippen LogP contribution in [-0.4, -0.2) is 23.1 Å². The van der Waals surface area contributed by atoms with Crippen LogP contribution in [0.2, 0.25) is 0 Å². The molecule has 1 unspecified atom stereocenters. The predicted octanol–water partition coefficient (Wildman–Crippen LogP) is 3.88. The standard InChI is InChI=1S/C26H24N2O4/c1-17-9-3-4-10-19(17)18(2)27-24(29)16-32-25(30)15-28-22-13-7-5-11-20(22)26(31)21-12-6-8-14-23(21)28/h3-14,18H,15-16H2,1-2H3,(H,27,29). The highest BCUT2D eigenvalue weighted by molar-refractivity contribution is 5.94. The van der Waals surface area contributed by atoms with Crippen LogP contribution in [0.3, 0.4) is 0 Å². The molecule has 4 rings (SSSR count). The third-order valence-electron chi connectivity index (χ3n) is 5.56. The molecule has 0 bridgehead atoms. The predicted molar refractivity (Wildman–Crippen MR) is 124 cm³/mol. The first-order chi connectivity index (χ1) is 15.5. The Morgan fingerprint density at radius 1 is 0.906 bits per heavy atom. The number of carbonyl (C=O) groups is 2. The van der Waals surface area contributed by atoms with E-state index in [9.17, 15) is 14.4 Å². The number of carbonyl (C=O) groups excluding carboxylic acids is 2. The fraction of sp³-hybridized carbons (Fsp3) is 0.192. The summed E-state index contributed by atoms with van der Waals surface area (Å²) in [4.78, 5) is 37.7. The fourth-order valence-corrected chi connectivity index (χ4v) is 4.00. The summed E-state index contributed by atoms with van der Waals surface area (Å²) in [6.45, 7) is 3.39. The molecule has 1 amide bonds. The van der Waals surface area contributed by atoms with Crippen LogP contribution in [0.25, 0.3) is 21.8 Å². The maximum absolute atomic E-state index is 12.8. The number of para-hydroxylation sites is 2. The number of esters is 1. The lowest BCUT2D eigenvalue weighted by atomic mass is 10.0. The summed E-state index contributed by atoms with van der Waals surface area (Å²) in [5, 5.41) is 3.92. The summed E-state index contributed by atoms with van der Waals surface area (Å²) >= 11 is 0. The number of hydrogen-bond donors (Lipinski definition) is 1. The average molecular weight is 428 g/mol. The van der Waals surface area contributed by atoms with Gasteiger partial charge in [-0.05, 0) is 49.2 Å². The second kappa shape index (κ2) is 9.06. The number of benzene rings is 3. The summed E-state index contributed by atoms with van der Waals surface area (Å²) in [6, 6.07) is 21.9. The van der Waals surface area contributed by atoms with Crippen molar-refractivity contribution in [3.63, 3.8) is 0 Å². The van der Waals surface area contributed by atoms with Gasteiger partial charge < -0.3 is 14.6 Å². The second-order valence-corrected chi connectivity index (χ2v) is 7.76. The molecule has 32 heavy (non-hydrogen) atoms. The molecular weight excluding hydrogens is 404 g/mol. The van der Waals surface area contributed by atoms with Gasteiger partial charge >= 0.3 is 5.97 Å². The van der Waals surface area contributed by atoms with Crippen molar-refractivity contribution < 1.29 is 14.3 Å². The van der Waals surface area contributed by atoms with Crippen molar-refractivity contribution in [2.45, 2.75) is 26.4 Å². The van der Waals surface area contributed by atoms with Gasteiger partial charge in [-0.1, -0.05) is 48.5 Å². The zero-order chi connectivity index (χ0) is 22.7. The first-order valence-electron chi connectivity index (χ1n) is 10.5. The number of nitrogens with one attached hydrogen (secondary N) is 1. The van der Waals surface area contributed by atoms with Gasteiger partial charge in [0, 0.05) is 10.8 Å². The van der Waals surface area contributed by atoms with E-state index in [4.69, 9.17) is 4.74 Å². The Morgan fingerprint density at radius 3 is 2.09 bits per heavy atom. The number of aromatic nitrogens is 1. The van der Waals surface area contributed by atoms with Crippen LogP contribution < -0.4 is 10.7 Å². The van der Waals surface area contributed by atoms with Gasteiger partial charge in [-0.2, -0.15) is 0 Å². The minimum absolute atomic E-state index is 0.0783. The normalized spacial score (nSPS) is 11.9. The summed E-state index contributed by atoms with van der Waals surface area (Å²) in [5.74, 6) is -0.925. The molecule has 0 aliphatic carbocycles. The lowest BCUT2D eigenvalue weighted by Gasteiger charge is -2.17. The molecule has 1 aromatic heterocycles. The molecule has 6 heteroatoms. The van der Waals surface area contributed by atoms with Gasteiger partial charge in [-0.15, -0.1) is 0 Å². The molecule has 0 saturated carbocycles. The number of hydrogen-bond acceptors (Lipinski definition) is 4. The molecule has 162 valence electrons. The number of rotatable bonds is 6. The minimum Gasteiger partial charge on any atom is -0.454 e. The first-order valence-corrected chi connectivity index (χ1v) is 10.5. The van der Waals surface area contributed by atoms with Gasteiger partial charge in [0.2, 0.25) is 0 Å². The van der Waals surface area contributed by atoms with Crippen molar-refractivity contribution in [2.24, 2.45) is 0 Å². The molecule has 0 aliphatic heterocycles. The van der Waals surface area contributed by atoms with Crippen LogP contribution >= 0.6 is 0 Å². The topological polar surface area (TPSA) is 77.4 Å². The van der Waals surface area contributed by atoms with Crippen LogP contribution in [-0.2, 0) is 20.9 Å². The molecule has 1 atom stereocenters. The fourth-order valence-electron chi connectivity index (χ4n) is 4.00. The largest absolute Gasteiger partial charge is 0.454 e. The van der Waals surface area contributed by atoms with Gasteiger partial charge in [-0.25, -0.2) is 0 Å². The summed E-state index contributed by atoms with van der Waals surface area (Å²) < 4.78 is 7.01. The number of fused-ring (bicyclic) bond motifs is 2. The maximum Gasteiger partial charge on any atom is 0.326 e. The molecule has 3 aromatic carbocycles. The minimum atomic E-state index is -0.553. The molecule has 4 aromatic rings. The zero-order valence-electron chi connectivity index (χ0n) is 18.0. The molecule has 6 nitrogen and oxygen atoms in total. The number of nitrogens with zero attached hydrogens (tertiary/aromatic N) is 1. The summed E-state index contributed by atoms with van der Waals surface area (Å²) in [7, 11) is 0. The van der Waals surface area contributed by atoms with Gasteiger partial charge in [-0.3, -0.25) is 14.4 Å². The average Bonchev–Trinajstić information content (AvgIpc) is 2.80. The number of ether oxygens (including phenoxy) is 1. The number of aryl methyl sites for hydroxylation is 1. The smallest absolute Gasteiger partial charge is 0.326 e. The van der Waals surface area contributed by atoms with Crippen LogP contribution in [0, 0.1) is 6.92 Å². The molecule has 0 radical (unpaired) electrons. The van der Waals surface area contributed by atoms with Gasteiger partial charge in [0.25, 0.3) is 5.91 Å². The van der Waals surface area contributed by atoms with Crippen molar-refractivity contribution in [2.75, 3.05) is 6.61 Å². The first kappa shape index (κ1) is 21.3. The molecule has 0 spiro atoms. The quantitative estimate of drug-likeness (QED) is 0.373. The highest BCUT2D eigenvalue weighted by Gasteiger charge is 2.16. The Balaban J connectivity index is 1.49. The van der Waals surface area contributed by atoms with Crippen molar-refractivity contribution in [3.8, 4) is 0 Å². The van der Waals surface area contributed by atoms with Crippen LogP contribution in [0.15, 0.2) is 77.6 Å². The van der Waals surface area contributed by atoms with Gasteiger partial charge in [0.05, 0.1) is 17.1 Å². The van der Waals surface area contributed by atoms with E-state index in [1.54, 1.807) is 41.0 Å². The Kier molecular flexibility index (Phi) is 6.03. The van der Waals surface area contributed by atoms with Crippen LogP contribution in [0.1, 0.15) is 24.1 Å². The third-order valence-corrected chi connectivity index (χ3v) is 5.56. The lowest BCUT2D eigenvalue weighted by molar-refractivity contribution is -0.149. The van der Waals surface area contributed by atoms with E-state index >= 15 is 0 Å². The van der Waals surface area contributed by atoms with E-state index in [2.05, 4.69) is 5.32 Å². The van der Waals surface area contributed by atoms with Crippen molar-refractivity contribution in [1.29, 1.82) is 0 Å². The third kappa shape index (κ3) is 4.25. The van der Waals surface area contributed by atoms with Crippen LogP contribution in [0.5, 0.6) is 0 Å². The SMILES string of the molecule is Cc1ccccc1C(C)NC(=O)COC(=O)Cn1c2ccccc2c(=O)c2ccccc21. The Hall–Kier alpha value is -3.93. The molecule has 0 aliphatic rings. The van der Waals surface area contributed by atoms with Gasteiger partial charge in [0.15, 0.2) is 12.0 Å². The molecule has 0 saturated heterocycles. The van der Waals surface area contributed by atoms with E-state index in [0.29, 0.717) is 21.8 Å². The molecule has 1 heterocycles. The molecule has 1 N–H and O–H groups in total. The van der Waals surface area contributed by atoms with E-state index < -0.39 is 5.97 Å². The number of pyridine rings is 1. The Bertz CT molecular complexity index is 1310. The van der Waals surface area contributed by atoms with E-state index in [1.165, 1.54) is 0 Å². The zero-order valence-corrected chi connectivity index (χ0v) is 18.0. The lowest BCUT2D eigenvalue weighted by Crippen LogP contribution is -2.32. The Morgan fingerprint density at radius 2 is 1.47 bits per heavy atom. The van der Waals surface area contributed by atoms with Crippen molar-refractivity contribution >= 4 is 33.7 Å². The van der Waals surface area contributed by atoms with E-state index in [1.807, 2.05) is 50.2 Å². The monoisotopic (exact) mass is 428 g/mol. The van der Waals surface area contributed by atoms with Crippen LogP contribution in [0.4, 0.5) is 0 Å². The molecule has 0 fully saturated rings. The number of amides is 1. The van der Waals surface area contributed by atoms with Crippen molar-refractivity contribution in [3.05, 3.63) is 94.1 Å².